The van der Waals surface area contributed by atoms with Crippen LogP contribution in [0, 0.1) is 6.92 Å². The number of aldehydes is 1. The zero-order valence-corrected chi connectivity index (χ0v) is 10.6. The van der Waals surface area contributed by atoms with E-state index >= 15 is 0 Å². The average Bonchev–Trinajstić information content (AvgIpc) is 2.77. The summed E-state index contributed by atoms with van der Waals surface area (Å²) >= 11 is 0. The average molecular weight is 244 g/mol. The molecule has 1 aromatic carbocycles. The first-order valence-electron chi connectivity index (χ1n) is 5.85. The third-order valence-corrected chi connectivity index (χ3v) is 2.80. The number of benzene rings is 1. The van der Waals surface area contributed by atoms with Gasteiger partial charge in [0.2, 0.25) is 0 Å². The molecule has 0 saturated heterocycles. The van der Waals surface area contributed by atoms with Crippen LogP contribution in [0.5, 0.6) is 5.75 Å². The van der Waals surface area contributed by atoms with Crippen molar-refractivity contribution < 1.29 is 9.53 Å². The van der Waals surface area contributed by atoms with Gasteiger partial charge in [-0.2, -0.15) is 0 Å². The summed E-state index contributed by atoms with van der Waals surface area (Å²) in [5, 5.41) is 0. The van der Waals surface area contributed by atoms with Crippen LogP contribution in [0.25, 0.3) is 0 Å². The van der Waals surface area contributed by atoms with Gasteiger partial charge >= 0.3 is 0 Å². The van der Waals surface area contributed by atoms with Crippen molar-refractivity contribution in [3.8, 4) is 5.75 Å². The standard InChI is InChI=1S/C14H16N2O2/c1-11-3-4-13(12(9-11)10-17)18-8-5-14-15-6-7-16(14)2/h3-4,6-7,9-10H,5,8H2,1-2H3. The van der Waals surface area contributed by atoms with Crippen LogP contribution in [-0.2, 0) is 13.5 Å². The molecular weight excluding hydrogens is 228 g/mol. The van der Waals surface area contributed by atoms with E-state index in [1.165, 1.54) is 0 Å². The van der Waals surface area contributed by atoms with E-state index in [0.29, 0.717) is 17.9 Å². The van der Waals surface area contributed by atoms with Crippen molar-refractivity contribution >= 4 is 6.29 Å². The van der Waals surface area contributed by atoms with Crippen molar-refractivity contribution in [2.45, 2.75) is 13.3 Å². The SMILES string of the molecule is Cc1ccc(OCCc2nccn2C)c(C=O)c1. The number of aryl methyl sites for hydroxylation is 2. The van der Waals surface area contributed by atoms with Crippen molar-refractivity contribution in [2.75, 3.05) is 6.61 Å². The normalized spacial score (nSPS) is 10.3. The summed E-state index contributed by atoms with van der Waals surface area (Å²) in [5.41, 5.74) is 1.64. The minimum atomic E-state index is 0.509. The highest BCUT2D eigenvalue weighted by Crippen LogP contribution is 2.18. The molecule has 1 heterocycles. The van der Waals surface area contributed by atoms with E-state index in [1.807, 2.05) is 42.9 Å². The molecule has 1 aromatic heterocycles. The monoisotopic (exact) mass is 244 g/mol. The van der Waals surface area contributed by atoms with Crippen LogP contribution < -0.4 is 4.74 Å². The van der Waals surface area contributed by atoms with E-state index in [1.54, 1.807) is 6.20 Å². The Morgan fingerprint density at radius 3 is 2.94 bits per heavy atom. The molecule has 0 unspecified atom stereocenters. The van der Waals surface area contributed by atoms with E-state index in [0.717, 1.165) is 24.1 Å². The maximum atomic E-state index is 10.9. The van der Waals surface area contributed by atoms with Crippen molar-refractivity contribution in [3.05, 3.63) is 47.5 Å². The maximum Gasteiger partial charge on any atom is 0.153 e. The molecule has 18 heavy (non-hydrogen) atoms. The molecule has 4 nitrogen and oxygen atoms in total. The maximum absolute atomic E-state index is 10.9. The second-order valence-electron chi connectivity index (χ2n) is 4.21. The Morgan fingerprint density at radius 1 is 1.44 bits per heavy atom. The quantitative estimate of drug-likeness (QED) is 0.757. The van der Waals surface area contributed by atoms with Gasteiger partial charge in [0.05, 0.1) is 12.2 Å². The fourth-order valence-electron chi connectivity index (χ4n) is 1.78. The van der Waals surface area contributed by atoms with Crippen LogP contribution in [0.15, 0.2) is 30.6 Å². The molecule has 0 fully saturated rings. The smallest absolute Gasteiger partial charge is 0.153 e. The van der Waals surface area contributed by atoms with Gasteiger partial charge in [-0.15, -0.1) is 0 Å². The number of hydrogen-bond acceptors (Lipinski definition) is 3. The highest BCUT2D eigenvalue weighted by molar-refractivity contribution is 5.79. The van der Waals surface area contributed by atoms with Gasteiger partial charge in [-0.25, -0.2) is 4.98 Å². The number of carbonyl (C=O) groups excluding carboxylic acids is 1. The zero-order chi connectivity index (χ0) is 13.0. The van der Waals surface area contributed by atoms with Crippen LogP contribution in [0.1, 0.15) is 21.7 Å². The lowest BCUT2D eigenvalue weighted by Crippen LogP contribution is -2.07. The molecule has 0 amide bonds. The number of carbonyl (C=O) groups is 1. The molecule has 94 valence electrons. The van der Waals surface area contributed by atoms with Gasteiger partial charge in [0.1, 0.15) is 11.6 Å². The first kappa shape index (κ1) is 12.4. The molecule has 0 bridgehead atoms. The summed E-state index contributed by atoms with van der Waals surface area (Å²) in [6, 6.07) is 5.59. The van der Waals surface area contributed by atoms with E-state index in [2.05, 4.69) is 4.98 Å². The molecule has 0 aliphatic carbocycles. The van der Waals surface area contributed by atoms with E-state index in [4.69, 9.17) is 4.74 Å². The molecule has 2 aromatic rings. The number of rotatable bonds is 5. The highest BCUT2D eigenvalue weighted by atomic mass is 16.5. The number of aromatic nitrogens is 2. The van der Waals surface area contributed by atoms with Gasteiger partial charge in [-0.05, 0) is 19.1 Å². The summed E-state index contributed by atoms with van der Waals surface area (Å²) in [6.45, 7) is 2.46. The number of hydrogen-bond donors (Lipinski definition) is 0. The van der Waals surface area contributed by atoms with Crippen molar-refractivity contribution in [1.29, 1.82) is 0 Å². The molecular formula is C14H16N2O2. The Morgan fingerprint density at radius 2 is 2.28 bits per heavy atom. The van der Waals surface area contributed by atoms with Crippen LogP contribution >= 0.6 is 0 Å². The Kier molecular flexibility index (Phi) is 3.77. The number of imidazole rings is 1. The van der Waals surface area contributed by atoms with E-state index in [9.17, 15) is 4.79 Å². The summed E-state index contributed by atoms with van der Waals surface area (Å²) < 4.78 is 7.58. The van der Waals surface area contributed by atoms with Crippen LogP contribution in [0.2, 0.25) is 0 Å². The van der Waals surface area contributed by atoms with Crippen LogP contribution in [0.4, 0.5) is 0 Å². The van der Waals surface area contributed by atoms with E-state index in [-0.39, 0.29) is 0 Å². The summed E-state index contributed by atoms with van der Waals surface area (Å²) in [4.78, 5) is 15.1. The first-order chi connectivity index (χ1) is 8.70. The Balaban J connectivity index is 1.98. The summed E-state index contributed by atoms with van der Waals surface area (Å²) in [7, 11) is 1.95. The molecule has 0 aliphatic rings. The lowest BCUT2D eigenvalue weighted by molar-refractivity contribution is 0.111. The molecule has 0 N–H and O–H groups in total. The number of nitrogens with zero attached hydrogens (tertiary/aromatic N) is 2. The fraction of sp³-hybridized carbons (Fsp3) is 0.286. The molecule has 0 saturated carbocycles. The Labute approximate surface area is 106 Å². The second-order valence-corrected chi connectivity index (χ2v) is 4.21. The van der Waals surface area contributed by atoms with Crippen molar-refractivity contribution in [3.63, 3.8) is 0 Å². The third-order valence-electron chi connectivity index (χ3n) is 2.80. The highest BCUT2D eigenvalue weighted by Gasteiger charge is 2.04. The van der Waals surface area contributed by atoms with Gasteiger partial charge < -0.3 is 9.30 Å². The van der Waals surface area contributed by atoms with Gasteiger partial charge in [0.25, 0.3) is 0 Å². The predicted molar refractivity (Wildman–Crippen MR) is 69.0 cm³/mol. The largest absolute Gasteiger partial charge is 0.492 e. The lowest BCUT2D eigenvalue weighted by Gasteiger charge is -2.09. The first-order valence-corrected chi connectivity index (χ1v) is 5.85. The molecule has 0 aliphatic heterocycles. The van der Waals surface area contributed by atoms with Crippen molar-refractivity contribution in [1.82, 2.24) is 9.55 Å². The predicted octanol–water partition coefficient (Wildman–Crippen LogP) is 2.16. The Bertz CT molecular complexity index is 546. The number of ether oxygens (including phenoxy) is 1. The topological polar surface area (TPSA) is 44.1 Å². The van der Waals surface area contributed by atoms with Crippen LogP contribution in [-0.4, -0.2) is 22.4 Å². The molecule has 0 radical (unpaired) electrons. The van der Waals surface area contributed by atoms with Gasteiger partial charge in [0, 0.05) is 25.9 Å². The molecule has 0 atom stereocenters. The lowest BCUT2D eigenvalue weighted by atomic mass is 10.1. The summed E-state index contributed by atoms with van der Waals surface area (Å²) in [5.74, 6) is 1.60. The minimum absolute atomic E-state index is 0.509. The Hall–Kier alpha value is -2.10. The molecule has 0 spiro atoms. The van der Waals surface area contributed by atoms with Crippen molar-refractivity contribution in [2.24, 2.45) is 7.05 Å². The second kappa shape index (κ2) is 5.49. The van der Waals surface area contributed by atoms with Gasteiger partial charge in [-0.3, -0.25) is 4.79 Å². The van der Waals surface area contributed by atoms with Gasteiger partial charge in [-0.1, -0.05) is 11.6 Å². The van der Waals surface area contributed by atoms with E-state index < -0.39 is 0 Å². The zero-order valence-electron chi connectivity index (χ0n) is 10.6. The van der Waals surface area contributed by atoms with Crippen LogP contribution in [0.3, 0.4) is 0 Å². The minimum Gasteiger partial charge on any atom is -0.492 e. The summed E-state index contributed by atoms with van der Waals surface area (Å²) in [6.07, 6.45) is 5.20. The molecule has 2 rings (SSSR count). The fourth-order valence-corrected chi connectivity index (χ4v) is 1.78. The molecule has 4 heteroatoms. The third kappa shape index (κ3) is 2.77. The van der Waals surface area contributed by atoms with Gasteiger partial charge in [0.15, 0.2) is 6.29 Å².